The topological polar surface area (TPSA) is 242 Å². The number of fused-ring (bicyclic) bond motifs is 4. The van der Waals surface area contributed by atoms with E-state index in [1.807, 2.05) is 77.6 Å². The SMILES string of the molecule is [C-]#[N+]c1c(N)sc2c(F)ccc(-c3c(Cl)cc4c(N5CC6CCC(C5)N6C(=O)OC(C)(C)C)nc(OC[C@@H]5CCCN5CCCOCCC(=O)N[C@H](C(=O)N5C[C@H](O)C[C@H]5C(=O)N[C@@H](CO)c5ccc(-c6scnc6C)cc5)C(C)(C)C)nc4c3F)c12. The van der Waals surface area contributed by atoms with Gasteiger partial charge >= 0.3 is 12.1 Å². The maximum absolute atomic E-state index is 17.5. The van der Waals surface area contributed by atoms with Crippen LogP contribution in [-0.4, -0.2) is 165 Å². The number of benzene rings is 3. The van der Waals surface area contributed by atoms with Gasteiger partial charge in [0.15, 0.2) is 5.82 Å². The van der Waals surface area contributed by atoms with Crippen molar-refractivity contribution in [2.45, 2.75) is 141 Å². The molecule has 0 spiro atoms. The number of thiazole rings is 1. The first-order valence-electron chi connectivity index (χ1n) is 29.4. The van der Waals surface area contributed by atoms with Crippen LogP contribution >= 0.6 is 34.3 Å². The van der Waals surface area contributed by atoms with Crippen molar-refractivity contribution >= 4 is 95.6 Å². The Balaban J connectivity index is 0.763. The predicted octanol–water partition coefficient (Wildman–Crippen LogP) is 9.58. The summed E-state index contributed by atoms with van der Waals surface area (Å²) in [5.74, 6) is -2.50. The molecule has 3 aromatic carbocycles. The predicted molar refractivity (Wildman–Crippen MR) is 331 cm³/mol. The highest BCUT2D eigenvalue weighted by Gasteiger charge is 2.47. The molecule has 10 rings (SSSR count). The van der Waals surface area contributed by atoms with Gasteiger partial charge in [-0.2, -0.15) is 9.97 Å². The van der Waals surface area contributed by atoms with Crippen molar-refractivity contribution in [3.05, 3.63) is 87.3 Å². The van der Waals surface area contributed by atoms with E-state index in [1.165, 1.54) is 28.4 Å². The molecular formula is C62H74ClF2N11O9S2. The molecule has 87 heavy (non-hydrogen) atoms. The van der Waals surface area contributed by atoms with E-state index < -0.39 is 77.3 Å². The smallest absolute Gasteiger partial charge is 0.410 e. The number of hydrogen-bond donors (Lipinski definition) is 5. The summed E-state index contributed by atoms with van der Waals surface area (Å²) in [5, 5.41) is 27.4. The molecule has 25 heteroatoms. The number of β-amino-alcohol motifs (C(OH)–C–C–N with tert-alkyl or cyclic N) is 1. The Bertz CT molecular complexity index is 3590. The van der Waals surface area contributed by atoms with Crippen LogP contribution in [-0.2, 0) is 23.9 Å². The van der Waals surface area contributed by atoms with E-state index in [1.54, 1.807) is 16.5 Å². The van der Waals surface area contributed by atoms with Crippen LogP contribution in [0.4, 0.5) is 30.1 Å². The van der Waals surface area contributed by atoms with Gasteiger partial charge in [-0.05, 0) is 101 Å². The largest absolute Gasteiger partial charge is 0.462 e. The lowest BCUT2D eigenvalue weighted by Crippen LogP contribution is -2.58. The minimum absolute atomic E-state index is 0.00202. The molecule has 2 bridgehead atoms. The lowest BCUT2D eigenvalue weighted by Gasteiger charge is -2.42. The van der Waals surface area contributed by atoms with Crippen molar-refractivity contribution in [3.8, 4) is 27.6 Å². The van der Waals surface area contributed by atoms with Crippen LogP contribution < -0.4 is 26.0 Å². The second-order valence-corrected chi connectivity index (χ2v) is 27.2. The molecule has 20 nitrogen and oxygen atoms in total. The number of carbonyl (C=O) groups excluding carboxylic acids is 4. The van der Waals surface area contributed by atoms with E-state index in [0.717, 1.165) is 59.7 Å². The quantitative estimate of drug-likeness (QED) is 0.0375. The van der Waals surface area contributed by atoms with E-state index in [0.29, 0.717) is 49.4 Å². The van der Waals surface area contributed by atoms with Crippen LogP contribution in [0.1, 0.15) is 104 Å². The Kier molecular flexibility index (Phi) is 18.9. The van der Waals surface area contributed by atoms with Crippen molar-refractivity contribution in [2.24, 2.45) is 5.41 Å². The second-order valence-electron chi connectivity index (χ2n) is 24.9. The summed E-state index contributed by atoms with van der Waals surface area (Å²) >= 11 is 9.44. The Morgan fingerprint density at radius 2 is 1.72 bits per heavy atom. The number of halogens is 3. The highest BCUT2D eigenvalue weighted by Crippen LogP contribution is 2.50. The van der Waals surface area contributed by atoms with Crippen molar-refractivity contribution in [3.63, 3.8) is 0 Å². The molecule has 4 fully saturated rings. The third-order valence-corrected chi connectivity index (χ3v) is 18.9. The number of nitrogen functional groups attached to an aromatic ring is 1. The molecule has 6 N–H and O–H groups in total. The average molecular weight is 1250 g/mol. The molecule has 4 aliphatic rings. The number of hydrogen-bond acceptors (Lipinski definition) is 17. The molecule has 6 aromatic rings. The van der Waals surface area contributed by atoms with Gasteiger partial charge < -0.3 is 50.6 Å². The number of aliphatic hydroxyl groups is 2. The summed E-state index contributed by atoms with van der Waals surface area (Å²) < 4.78 is 51.1. The summed E-state index contributed by atoms with van der Waals surface area (Å²) in [5.41, 5.74) is 9.03. The van der Waals surface area contributed by atoms with Crippen molar-refractivity contribution in [1.82, 2.24) is 40.3 Å². The molecule has 4 amide bonds. The molecule has 0 saturated carbocycles. The molecule has 2 unspecified atom stereocenters. The Hall–Kier alpha value is -6.85. The van der Waals surface area contributed by atoms with Crippen LogP contribution in [0.5, 0.6) is 6.01 Å². The van der Waals surface area contributed by atoms with Gasteiger partial charge in [0.1, 0.15) is 41.4 Å². The van der Waals surface area contributed by atoms with Crippen LogP contribution in [0.25, 0.3) is 47.4 Å². The fourth-order valence-corrected chi connectivity index (χ4v) is 14.4. The average Bonchev–Trinajstić information content (AvgIpc) is 1.77. The van der Waals surface area contributed by atoms with Gasteiger partial charge in [0.05, 0.1) is 74.8 Å². The number of ether oxygens (including phenoxy) is 3. The molecule has 3 aromatic heterocycles. The maximum atomic E-state index is 17.5. The standard InChI is InChI=1S/C62H74ClF2N11O9S2/c1-33-52(86-32-68-33)35-14-12-34(13-15-35)44(30-77)69-57(80)45-25-39(78)29-75(45)58(81)54(61(2,3)4)70-46(79)20-24-83-23-10-22-73-21-9-11-38(73)31-84-59-71-50-41(56(72-59)74-27-36-16-17-37(28-74)76(36)60(82)85-62(5,6)7)26-42(63)47(49(50)65)40-18-19-43(64)53-48(40)51(67-8)55(66)87-53/h12-15,18-19,26,32,36-39,44-45,54,77-78H,9-11,16-17,20-25,27-31,66H2,1-7H3,(H,69,80)(H,70,79)/t36?,37?,38-,39+,44-,45-,54+/m0/s1. The third-order valence-electron chi connectivity index (χ3n) is 16.6. The van der Waals surface area contributed by atoms with E-state index in [9.17, 15) is 29.4 Å². The van der Waals surface area contributed by atoms with Crippen molar-refractivity contribution in [2.75, 3.05) is 69.8 Å². The molecule has 7 heterocycles. The summed E-state index contributed by atoms with van der Waals surface area (Å²) in [6, 6.07) is 8.24. The lowest BCUT2D eigenvalue weighted by atomic mass is 9.85. The monoisotopic (exact) mass is 1250 g/mol. The molecule has 464 valence electrons. The number of aliphatic hydroxyl groups excluding tert-OH is 2. The molecule has 4 aliphatic heterocycles. The Morgan fingerprint density at radius 3 is 2.39 bits per heavy atom. The number of anilines is 2. The van der Waals surface area contributed by atoms with Gasteiger partial charge in [0.2, 0.25) is 23.4 Å². The van der Waals surface area contributed by atoms with E-state index in [4.69, 9.17) is 43.1 Å². The zero-order chi connectivity index (χ0) is 62.2. The van der Waals surface area contributed by atoms with Crippen LogP contribution in [0.15, 0.2) is 48.0 Å². The van der Waals surface area contributed by atoms with Gasteiger partial charge in [-0.3, -0.25) is 24.2 Å². The van der Waals surface area contributed by atoms with Gasteiger partial charge in [0.25, 0.3) is 0 Å². The van der Waals surface area contributed by atoms with Gasteiger partial charge in [-0.1, -0.05) is 62.7 Å². The lowest BCUT2D eigenvalue weighted by molar-refractivity contribution is -0.144. The number of amides is 4. The maximum Gasteiger partial charge on any atom is 0.410 e. The van der Waals surface area contributed by atoms with Crippen LogP contribution in [0.3, 0.4) is 0 Å². The first-order valence-corrected chi connectivity index (χ1v) is 31.5. The van der Waals surface area contributed by atoms with E-state index in [-0.39, 0.29) is 99.2 Å². The summed E-state index contributed by atoms with van der Waals surface area (Å²) in [6.45, 7) is 23.0. The number of thiophene rings is 1. The summed E-state index contributed by atoms with van der Waals surface area (Å²) in [4.78, 5) is 81.1. The molecule has 7 atom stereocenters. The number of carbonyl (C=O) groups is 4. The van der Waals surface area contributed by atoms with E-state index >= 15 is 8.78 Å². The third kappa shape index (κ3) is 13.6. The number of aromatic nitrogens is 3. The minimum Gasteiger partial charge on any atom is -0.462 e. The molecular weight excluding hydrogens is 1180 g/mol. The zero-order valence-corrected chi connectivity index (χ0v) is 52.2. The van der Waals surface area contributed by atoms with Crippen molar-refractivity contribution in [1.29, 1.82) is 0 Å². The number of nitrogens with zero attached hydrogens (tertiary/aromatic N) is 8. The van der Waals surface area contributed by atoms with Crippen LogP contribution in [0, 0.1) is 30.5 Å². The zero-order valence-electron chi connectivity index (χ0n) is 49.8. The Morgan fingerprint density at radius 1 is 0.989 bits per heavy atom. The van der Waals surface area contributed by atoms with Crippen molar-refractivity contribution < 1.29 is 52.4 Å². The fraction of sp³-hybridized carbons (Fsp3) is 0.516. The number of nitrogens with one attached hydrogen (secondary N) is 2. The first kappa shape index (κ1) is 63.2. The summed E-state index contributed by atoms with van der Waals surface area (Å²) in [7, 11) is 0. The highest BCUT2D eigenvalue weighted by atomic mass is 35.5. The molecule has 0 radical (unpaired) electrons. The van der Waals surface area contributed by atoms with Gasteiger partial charge in [-0.15, -0.1) is 22.7 Å². The fourth-order valence-electron chi connectivity index (χ4n) is 12.4. The highest BCUT2D eigenvalue weighted by molar-refractivity contribution is 7.23. The van der Waals surface area contributed by atoms with Gasteiger partial charge in [-0.25, -0.2) is 23.4 Å². The summed E-state index contributed by atoms with van der Waals surface area (Å²) in [6.07, 6.45) is 2.39. The number of likely N-dealkylation sites (tertiary alicyclic amines) is 2. The first-order chi connectivity index (χ1) is 41.4. The molecule has 4 saturated heterocycles. The Labute approximate surface area is 517 Å². The van der Waals surface area contributed by atoms with Crippen LogP contribution in [0.2, 0.25) is 5.02 Å². The molecule has 0 aliphatic carbocycles. The number of aryl methyl sites for hydroxylation is 1. The number of nitrogens with two attached hydrogens (primary N) is 1. The number of rotatable bonds is 19. The van der Waals surface area contributed by atoms with Gasteiger partial charge in [0, 0.05) is 68.0 Å². The normalized spacial score (nSPS) is 20.5. The minimum atomic E-state index is -1.04. The number of piperazine rings is 1. The van der Waals surface area contributed by atoms with E-state index in [2.05, 4.69) is 30.3 Å². The second kappa shape index (κ2) is 26.1.